The minimum Gasteiger partial charge on any atom is -0.487 e. The van der Waals surface area contributed by atoms with Crippen LogP contribution >= 0.6 is 0 Å². The quantitative estimate of drug-likeness (QED) is 0.500. The molecule has 0 saturated carbocycles. The molecule has 1 aromatic carbocycles. The van der Waals surface area contributed by atoms with Crippen LogP contribution in [0.2, 0.25) is 0 Å². The second kappa shape index (κ2) is 7.55. The number of aryl methyl sites for hydroxylation is 1. The van der Waals surface area contributed by atoms with Gasteiger partial charge in [0.2, 0.25) is 5.89 Å². The molecule has 0 fully saturated rings. The van der Waals surface area contributed by atoms with E-state index >= 15 is 0 Å². The van der Waals surface area contributed by atoms with E-state index in [0.29, 0.717) is 17.0 Å². The number of halogens is 2. The Hall–Kier alpha value is -3.62. The van der Waals surface area contributed by atoms with Gasteiger partial charge in [-0.2, -0.15) is 13.9 Å². The molecule has 0 aliphatic carbocycles. The lowest BCUT2D eigenvalue weighted by atomic mass is 10.1. The van der Waals surface area contributed by atoms with Crippen molar-refractivity contribution >= 4 is 0 Å². The molecule has 0 aliphatic rings. The summed E-state index contributed by atoms with van der Waals surface area (Å²) >= 11 is 0. The Morgan fingerprint density at radius 1 is 1.04 bits per heavy atom. The summed E-state index contributed by atoms with van der Waals surface area (Å²) in [5.41, 5.74) is 3.19. The normalized spacial score (nSPS) is 11.1. The van der Waals surface area contributed by atoms with Crippen LogP contribution < -0.4 is 4.74 Å². The predicted molar refractivity (Wildman–Crippen MR) is 95.5 cm³/mol. The van der Waals surface area contributed by atoms with Gasteiger partial charge in [-0.05, 0) is 42.5 Å². The average Bonchev–Trinajstić information content (AvgIpc) is 3.37. The lowest BCUT2D eigenvalue weighted by Gasteiger charge is -2.07. The van der Waals surface area contributed by atoms with E-state index in [2.05, 4.69) is 20.3 Å². The zero-order valence-corrected chi connectivity index (χ0v) is 14.8. The summed E-state index contributed by atoms with van der Waals surface area (Å²) in [7, 11) is 1.89. The summed E-state index contributed by atoms with van der Waals surface area (Å²) in [6.45, 7) is 0.261. The van der Waals surface area contributed by atoms with Gasteiger partial charge in [0.05, 0.1) is 17.0 Å². The minimum atomic E-state index is -2.80. The van der Waals surface area contributed by atoms with Crippen LogP contribution in [0.4, 0.5) is 8.78 Å². The molecule has 0 atom stereocenters. The van der Waals surface area contributed by atoms with Crippen LogP contribution in [0.3, 0.4) is 0 Å². The van der Waals surface area contributed by atoms with E-state index in [1.165, 1.54) is 6.20 Å². The molecular weight excluding hydrogens is 368 g/mol. The highest BCUT2D eigenvalue weighted by molar-refractivity contribution is 5.60. The maximum Gasteiger partial charge on any atom is 0.314 e. The van der Waals surface area contributed by atoms with Crippen molar-refractivity contribution in [1.29, 1.82) is 0 Å². The number of hydrogen-bond acceptors (Lipinski definition) is 6. The van der Waals surface area contributed by atoms with Crippen molar-refractivity contribution in [2.24, 2.45) is 7.05 Å². The van der Waals surface area contributed by atoms with Gasteiger partial charge in [-0.25, -0.2) is 0 Å². The van der Waals surface area contributed by atoms with Crippen molar-refractivity contribution < 1.29 is 17.9 Å². The van der Waals surface area contributed by atoms with E-state index in [-0.39, 0.29) is 12.5 Å². The lowest BCUT2D eigenvalue weighted by Crippen LogP contribution is -1.98. The van der Waals surface area contributed by atoms with Crippen LogP contribution in [0.15, 0.2) is 59.3 Å². The molecule has 0 aliphatic heterocycles. The first-order valence-corrected chi connectivity index (χ1v) is 8.38. The molecule has 0 unspecified atom stereocenters. The number of alkyl halides is 2. The predicted octanol–water partition coefficient (Wildman–Crippen LogP) is 4.05. The van der Waals surface area contributed by atoms with Gasteiger partial charge in [-0.1, -0.05) is 0 Å². The molecule has 0 bridgehead atoms. The van der Waals surface area contributed by atoms with Gasteiger partial charge in [0.1, 0.15) is 12.4 Å². The van der Waals surface area contributed by atoms with Crippen LogP contribution in [0.25, 0.3) is 22.7 Å². The molecule has 0 radical (unpaired) electrons. The first-order valence-electron chi connectivity index (χ1n) is 8.38. The Balaban J connectivity index is 1.39. The second-order valence-electron chi connectivity index (χ2n) is 5.94. The van der Waals surface area contributed by atoms with E-state index < -0.39 is 12.3 Å². The smallest absolute Gasteiger partial charge is 0.314 e. The fraction of sp³-hybridized carbons (Fsp3) is 0.158. The number of pyridine rings is 1. The van der Waals surface area contributed by atoms with Crippen molar-refractivity contribution in [1.82, 2.24) is 25.0 Å². The Morgan fingerprint density at radius 2 is 1.82 bits per heavy atom. The largest absolute Gasteiger partial charge is 0.487 e. The molecule has 0 amide bonds. The first kappa shape index (κ1) is 17.8. The molecule has 0 N–H and O–H groups in total. The Morgan fingerprint density at radius 3 is 2.43 bits per heavy atom. The molecular formula is C19H15F2N5O2. The molecule has 28 heavy (non-hydrogen) atoms. The number of benzene rings is 1. The summed E-state index contributed by atoms with van der Waals surface area (Å²) < 4.78 is 37.5. The fourth-order valence-electron chi connectivity index (χ4n) is 2.61. The highest BCUT2D eigenvalue weighted by Gasteiger charge is 2.17. The summed E-state index contributed by atoms with van der Waals surface area (Å²) in [5.74, 6) is -0.00623. The number of aromatic nitrogens is 5. The SMILES string of the molecule is Cn1nccc1-c1ccc(OCc2ccc(-c3nnc(C(F)F)o3)cn2)cc1. The third-order valence-electron chi connectivity index (χ3n) is 4.06. The molecule has 142 valence electrons. The zero-order chi connectivity index (χ0) is 19.5. The molecule has 0 spiro atoms. The van der Waals surface area contributed by atoms with Crippen molar-refractivity contribution in [3.8, 4) is 28.5 Å². The van der Waals surface area contributed by atoms with Crippen LogP contribution in [0.1, 0.15) is 18.0 Å². The average molecular weight is 383 g/mol. The van der Waals surface area contributed by atoms with Crippen LogP contribution in [-0.2, 0) is 13.7 Å². The van der Waals surface area contributed by atoms with Gasteiger partial charge < -0.3 is 9.15 Å². The number of nitrogens with zero attached hydrogens (tertiary/aromatic N) is 5. The van der Waals surface area contributed by atoms with Crippen LogP contribution in [-0.4, -0.2) is 25.0 Å². The third-order valence-corrected chi connectivity index (χ3v) is 4.06. The molecule has 3 aromatic heterocycles. The van der Waals surface area contributed by atoms with E-state index in [9.17, 15) is 8.78 Å². The van der Waals surface area contributed by atoms with Crippen LogP contribution in [0, 0.1) is 0 Å². The van der Waals surface area contributed by atoms with Crippen LogP contribution in [0.5, 0.6) is 5.75 Å². The summed E-state index contributed by atoms with van der Waals surface area (Å²) in [5, 5.41) is 11.0. The highest BCUT2D eigenvalue weighted by atomic mass is 19.3. The molecule has 9 heteroatoms. The number of rotatable bonds is 6. The summed E-state index contributed by atoms with van der Waals surface area (Å²) in [6, 6.07) is 13.0. The van der Waals surface area contributed by atoms with E-state index in [1.807, 2.05) is 37.4 Å². The van der Waals surface area contributed by atoms with E-state index in [1.54, 1.807) is 23.0 Å². The lowest BCUT2D eigenvalue weighted by molar-refractivity contribution is 0.116. The van der Waals surface area contributed by atoms with Crippen molar-refractivity contribution in [3.05, 3.63) is 66.4 Å². The van der Waals surface area contributed by atoms with Crippen molar-refractivity contribution in [2.75, 3.05) is 0 Å². The maximum absolute atomic E-state index is 12.5. The number of ether oxygens (including phenoxy) is 1. The highest BCUT2D eigenvalue weighted by Crippen LogP contribution is 2.24. The van der Waals surface area contributed by atoms with Gasteiger partial charge in [0, 0.05) is 25.0 Å². The molecule has 4 aromatic rings. The summed E-state index contributed by atoms with van der Waals surface area (Å²) in [6.07, 6.45) is 0.427. The molecule has 4 rings (SSSR count). The Bertz CT molecular complexity index is 1060. The Labute approximate surface area is 158 Å². The minimum absolute atomic E-state index is 0.000946. The monoisotopic (exact) mass is 383 g/mol. The number of hydrogen-bond donors (Lipinski definition) is 0. The van der Waals surface area contributed by atoms with Gasteiger partial charge in [-0.15, -0.1) is 10.2 Å². The maximum atomic E-state index is 12.5. The topological polar surface area (TPSA) is 78.9 Å². The van der Waals surface area contributed by atoms with Crippen molar-refractivity contribution in [2.45, 2.75) is 13.0 Å². The van der Waals surface area contributed by atoms with E-state index in [4.69, 9.17) is 9.15 Å². The van der Waals surface area contributed by atoms with Gasteiger partial charge in [-0.3, -0.25) is 9.67 Å². The second-order valence-corrected chi connectivity index (χ2v) is 5.94. The Kier molecular flexibility index (Phi) is 4.79. The first-order chi connectivity index (χ1) is 13.6. The third kappa shape index (κ3) is 3.73. The summed E-state index contributed by atoms with van der Waals surface area (Å²) in [4.78, 5) is 4.24. The van der Waals surface area contributed by atoms with E-state index in [0.717, 1.165) is 11.3 Å². The molecule has 7 nitrogen and oxygen atoms in total. The molecule has 3 heterocycles. The van der Waals surface area contributed by atoms with Gasteiger partial charge >= 0.3 is 6.43 Å². The zero-order valence-electron chi connectivity index (χ0n) is 14.8. The van der Waals surface area contributed by atoms with Gasteiger partial charge in [0.15, 0.2) is 0 Å². The fourth-order valence-corrected chi connectivity index (χ4v) is 2.61. The van der Waals surface area contributed by atoms with Crippen molar-refractivity contribution in [3.63, 3.8) is 0 Å². The molecule has 0 saturated heterocycles. The standard InChI is InChI=1S/C19H15F2N5O2/c1-26-16(8-9-23-26)12-3-6-15(7-4-12)27-11-14-5-2-13(10-22-14)18-24-25-19(28-18)17(20)21/h2-10,17H,11H2,1H3. The van der Waals surface area contributed by atoms with Gasteiger partial charge in [0.25, 0.3) is 5.89 Å².